The lowest BCUT2D eigenvalue weighted by molar-refractivity contribution is -0.136. The summed E-state index contributed by atoms with van der Waals surface area (Å²) in [6.45, 7) is 0.0443. The predicted octanol–water partition coefficient (Wildman–Crippen LogP) is -0.754. The highest BCUT2D eigenvalue weighted by Gasteiger charge is 2.45. The van der Waals surface area contributed by atoms with E-state index in [0.717, 1.165) is 4.90 Å². The van der Waals surface area contributed by atoms with Crippen molar-refractivity contribution in [3.63, 3.8) is 0 Å². The van der Waals surface area contributed by atoms with E-state index < -0.39 is 29.7 Å². The standard InChI is InChI=1S/C16H16N4O5/c1-17-7-12(22)18-9-4-2-3-8-13(9)16(25)20(15(8)24)10-5-6-11(21)19-14(10)23/h2-4,10,17H,5-7H2,1H3,(H,18,22)(H,19,21,23). The van der Waals surface area contributed by atoms with Crippen molar-refractivity contribution < 1.29 is 24.0 Å². The molecule has 0 radical (unpaired) electrons. The molecule has 1 saturated heterocycles. The molecule has 0 aromatic heterocycles. The molecule has 25 heavy (non-hydrogen) atoms. The summed E-state index contributed by atoms with van der Waals surface area (Å²) in [6.07, 6.45) is 0.132. The van der Waals surface area contributed by atoms with Crippen LogP contribution in [0.3, 0.4) is 0 Å². The molecule has 0 spiro atoms. The van der Waals surface area contributed by atoms with Gasteiger partial charge in [-0.25, -0.2) is 0 Å². The van der Waals surface area contributed by atoms with E-state index in [9.17, 15) is 24.0 Å². The van der Waals surface area contributed by atoms with E-state index in [1.807, 2.05) is 0 Å². The number of imide groups is 2. The molecular formula is C16H16N4O5. The second-order valence-electron chi connectivity index (χ2n) is 5.75. The molecule has 9 heteroatoms. The van der Waals surface area contributed by atoms with E-state index in [1.54, 1.807) is 13.1 Å². The highest BCUT2D eigenvalue weighted by molar-refractivity contribution is 6.26. The zero-order valence-electron chi connectivity index (χ0n) is 13.4. The molecule has 1 aromatic carbocycles. The average molecular weight is 344 g/mol. The Hall–Kier alpha value is -3.07. The molecule has 5 amide bonds. The predicted molar refractivity (Wildman–Crippen MR) is 85.7 cm³/mol. The summed E-state index contributed by atoms with van der Waals surface area (Å²) in [4.78, 5) is 61.3. The van der Waals surface area contributed by atoms with E-state index >= 15 is 0 Å². The van der Waals surface area contributed by atoms with E-state index in [0.29, 0.717) is 0 Å². The van der Waals surface area contributed by atoms with Crippen LogP contribution in [-0.4, -0.2) is 54.1 Å². The maximum absolute atomic E-state index is 12.8. The average Bonchev–Trinajstić information content (AvgIpc) is 2.81. The molecule has 2 aliphatic heterocycles. The first-order chi connectivity index (χ1) is 11.9. The van der Waals surface area contributed by atoms with Gasteiger partial charge in [0, 0.05) is 6.42 Å². The van der Waals surface area contributed by atoms with E-state index in [1.165, 1.54) is 12.1 Å². The van der Waals surface area contributed by atoms with Crippen LogP contribution in [0, 0.1) is 0 Å². The van der Waals surface area contributed by atoms with Gasteiger partial charge in [-0.1, -0.05) is 6.07 Å². The fourth-order valence-corrected chi connectivity index (χ4v) is 2.97. The summed E-state index contributed by atoms with van der Waals surface area (Å²) in [5, 5.41) is 7.40. The van der Waals surface area contributed by atoms with Gasteiger partial charge in [0.25, 0.3) is 11.8 Å². The highest BCUT2D eigenvalue weighted by atomic mass is 16.2. The number of piperidine rings is 1. The highest BCUT2D eigenvalue weighted by Crippen LogP contribution is 2.32. The number of nitrogens with one attached hydrogen (secondary N) is 3. The monoisotopic (exact) mass is 344 g/mol. The molecule has 1 unspecified atom stereocenters. The van der Waals surface area contributed by atoms with E-state index in [2.05, 4.69) is 16.0 Å². The molecule has 3 N–H and O–H groups in total. The molecule has 2 heterocycles. The van der Waals surface area contributed by atoms with Crippen molar-refractivity contribution in [1.29, 1.82) is 0 Å². The first-order valence-corrected chi connectivity index (χ1v) is 7.73. The van der Waals surface area contributed by atoms with Gasteiger partial charge in [0.1, 0.15) is 6.04 Å². The number of amides is 5. The number of carbonyl (C=O) groups is 5. The summed E-state index contributed by atoms with van der Waals surface area (Å²) in [6, 6.07) is 3.50. The number of nitrogens with zero attached hydrogens (tertiary/aromatic N) is 1. The van der Waals surface area contributed by atoms with Gasteiger partial charge in [-0.2, -0.15) is 0 Å². The molecule has 130 valence electrons. The molecule has 0 aliphatic carbocycles. The van der Waals surface area contributed by atoms with Crippen molar-refractivity contribution in [2.75, 3.05) is 18.9 Å². The lowest BCUT2D eigenvalue weighted by atomic mass is 10.0. The number of hydrogen-bond donors (Lipinski definition) is 3. The molecule has 2 aliphatic rings. The number of fused-ring (bicyclic) bond motifs is 1. The van der Waals surface area contributed by atoms with Crippen molar-refractivity contribution in [3.8, 4) is 0 Å². The molecular weight excluding hydrogens is 328 g/mol. The van der Waals surface area contributed by atoms with Crippen LogP contribution >= 0.6 is 0 Å². The third-order valence-corrected chi connectivity index (χ3v) is 4.08. The first-order valence-electron chi connectivity index (χ1n) is 7.73. The zero-order valence-corrected chi connectivity index (χ0v) is 13.4. The summed E-state index contributed by atoms with van der Waals surface area (Å²) in [5.74, 6) is -2.74. The third kappa shape index (κ3) is 2.89. The second-order valence-corrected chi connectivity index (χ2v) is 5.75. The molecule has 0 bridgehead atoms. The summed E-state index contributed by atoms with van der Waals surface area (Å²) in [7, 11) is 1.61. The van der Waals surface area contributed by atoms with Crippen molar-refractivity contribution in [2.45, 2.75) is 18.9 Å². The van der Waals surface area contributed by atoms with Gasteiger partial charge in [0.05, 0.1) is 23.4 Å². The van der Waals surface area contributed by atoms with Gasteiger partial charge in [0.15, 0.2) is 0 Å². The Bertz CT molecular complexity index is 804. The summed E-state index contributed by atoms with van der Waals surface area (Å²) < 4.78 is 0. The minimum Gasteiger partial charge on any atom is -0.324 e. The van der Waals surface area contributed by atoms with Crippen LogP contribution in [-0.2, 0) is 14.4 Å². The topological polar surface area (TPSA) is 125 Å². The van der Waals surface area contributed by atoms with Crippen LogP contribution in [0.5, 0.6) is 0 Å². The van der Waals surface area contributed by atoms with Crippen molar-refractivity contribution >= 4 is 35.2 Å². The van der Waals surface area contributed by atoms with Crippen LogP contribution < -0.4 is 16.0 Å². The summed E-state index contributed by atoms with van der Waals surface area (Å²) in [5.41, 5.74) is 0.393. The van der Waals surface area contributed by atoms with E-state index in [-0.39, 0.29) is 42.1 Å². The van der Waals surface area contributed by atoms with Gasteiger partial charge in [-0.05, 0) is 25.6 Å². The molecule has 1 fully saturated rings. The zero-order chi connectivity index (χ0) is 18.1. The normalized spacial score (nSPS) is 19.7. The third-order valence-electron chi connectivity index (χ3n) is 4.08. The minimum absolute atomic E-state index is 0.0443. The SMILES string of the molecule is CNCC(=O)Nc1cccc2c1C(=O)N(C1CCC(=O)NC1=O)C2=O. The number of carbonyl (C=O) groups excluding carboxylic acids is 5. The first kappa shape index (κ1) is 16.8. The Morgan fingerprint density at radius 3 is 2.68 bits per heavy atom. The fraction of sp³-hybridized carbons (Fsp3) is 0.312. The molecule has 1 aromatic rings. The lowest BCUT2D eigenvalue weighted by Gasteiger charge is -2.27. The Labute approximate surface area is 142 Å². The molecule has 3 rings (SSSR count). The van der Waals surface area contributed by atoms with Crippen molar-refractivity contribution in [2.24, 2.45) is 0 Å². The van der Waals surface area contributed by atoms with Crippen LogP contribution in [0.25, 0.3) is 0 Å². The van der Waals surface area contributed by atoms with E-state index in [4.69, 9.17) is 0 Å². The van der Waals surface area contributed by atoms with Crippen molar-refractivity contribution in [3.05, 3.63) is 29.3 Å². The largest absolute Gasteiger partial charge is 0.324 e. The van der Waals surface area contributed by atoms with Crippen molar-refractivity contribution in [1.82, 2.24) is 15.5 Å². The number of anilines is 1. The Kier molecular flexibility index (Phi) is 4.32. The fourth-order valence-electron chi connectivity index (χ4n) is 2.97. The van der Waals surface area contributed by atoms with Gasteiger partial charge in [0.2, 0.25) is 17.7 Å². The smallest absolute Gasteiger partial charge is 0.264 e. The van der Waals surface area contributed by atoms with Gasteiger partial charge < -0.3 is 10.6 Å². The second kappa shape index (κ2) is 6.44. The van der Waals surface area contributed by atoms with Crippen LogP contribution in [0.1, 0.15) is 33.6 Å². The number of hydrogen-bond acceptors (Lipinski definition) is 6. The molecule has 0 saturated carbocycles. The maximum atomic E-state index is 12.8. The Morgan fingerprint density at radius 1 is 1.24 bits per heavy atom. The number of likely N-dealkylation sites (N-methyl/N-ethyl adjacent to an activating group) is 1. The Morgan fingerprint density at radius 2 is 2.00 bits per heavy atom. The van der Waals surface area contributed by atoms with Gasteiger partial charge in [-0.15, -0.1) is 0 Å². The Balaban J connectivity index is 1.93. The van der Waals surface area contributed by atoms with Crippen LogP contribution in [0.15, 0.2) is 18.2 Å². The lowest BCUT2D eigenvalue weighted by Crippen LogP contribution is -2.54. The summed E-state index contributed by atoms with van der Waals surface area (Å²) >= 11 is 0. The van der Waals surface area contributed by atoms with Gasteiger partial charge in [-0.3, -0.25) is 34.2 Å². The molecule has 1 atom stereocenters. The minimum atomic E-state index is -1.04. The number of benzene rings is 1. The maximum Gasteiger partial charge on any atom is 0.264 e. The molecule has 9 nitrogen and oxygen atoms in total. The quantitative estimate of drug-likeness (QED) is 0.617. The van der Waals surface area contributed by atoms with Gasteiger partial charge >= 0.3 is 0 Å². The number of rotatable bonds is 4. The van der Waals surface area contributed by atoms with Crippen LogP contribution in [0.2, 0.25) is 0 Å². The van der Waals surface area contributed by atoms with Crippen LogP contribution in [0.4, 0.5) is 5.69 Å².